The maximum absolute atomic E-state index is 4.72. The molecule has 0 aromatic heterocycles. The highest BCUT2D eigenvalue weighted by atomic mass is 14.8. The normalized spacial score (nSPS) is 41.8. The minimum absolute atomic E-state index is 0.496. The van der Waals surface area contributed by atoms with Crippen LogP contribution < -0.4 is 0 Å². The first-order valence-corrected chi connectivity index (χ1v) is 5.24. The lowest BCUT2D eigenvalue weighted by Gasteiger charge is -2.40. The summed E-state index contributed by atoms with van der Waals surface area (Å²) in [4.78, 5) is 4.72. The van der Waals surface area contributed by atoms with Gasteiger partial charge in [-0.15, -0.1) is 0 Å². The molecule has 1 heterocycles. The minimum atomic E-state index is 0.496. The van der Waals surface area contributed by atoms with Crippen molar-refractivity contribution in [3.63, 3.8) is 0 Å². The van der Waals surface area contributed by atoms with Gasteiger partial charge in [0, 0.05) is 17.7 Å². The van der Waals surface area contributed by atoms with E-state index in [-0.39, 0.29) is 0 Å². The maximum atomic E-state index is 4.72. The van der Waals surface area contributed by atoms with Gasteiger partial charge >= 0.3 is 0 Å². The molecule has 2 aliphatic rings. The second-order valence-electron chi connectivity index (χ2n) is 4.86. The third kappa shape index (κ3) is 1.30. The topological polar surface area (TPSA) is 12.4 Å². The van der Waals surface area contributed by atoms with Crippen LogP contribution in [0.3, 0.4) is 0 Å². The Kier molecular flexibility index (Phi) is 1.97. The average Bonchev–Trinajstić information content (AvgIpc) is 2.02. The van der Waals surface area contributed by atoms with E-state index in [9.17, 15) is 0 Å². The van der Waals surface area contributed by atoms with Crippen molar-refractivity contribution in [1.29, 1.82) is 0 Å². The van der Waals surface area contributed by atoms with Crippen LogP contribution in [-0.4, -0.2) is 12.3 Å². The van der Waals surface area contributed by atoms with Gasteiger partial charge in [-0.2, -0.15) is 0 Å². The molecule has 0 radical (unpaired) electrons. The van der Waals surface area contributed by atoms with Crippen molar-refractivity contribution in [3.8, 4) is 0 Å². The molecule has 1 heteroatoms. The van der Waals surface area contributed by atoms with E-state index in [0.717, 1.165) is 12.5 Å². The van der Waals surface area contributed by atoms with Crippen molar-refractivity contribution < 1.29 is 0 Å². The van der Waals surface area contributed by atoms with Crippen molar-refractivity contribution in [2.75, 3.05) is 6.54 Å². The number of hydrogen-bond donors (Lipinski definition) is 0. The highest BCUT2D eigenvalue weighted by Crippen LogP contribution is 2.41. The standard InChI is InChI=1S/C11H19N/c1-9-7-11(2)6-4-3-5-10(11)12-8-9/h9H,3-8H2,1-2H3/t9-,11-/m1/s1. The van der Waals surface area contributed by atoms with E-state index >= 15 is 0 Å². The predicted molar refractivity (Wildman–Crippen MR) is 52.7 cm³/mol. The van der Waals surface area contributed by atoms with Crippen LogP contribution in [0.25, 0.3) is 0 Å². The first kappa shape index (κ1) is 8.28. The lowest BCUT2D eigenvalue weighted by Crippen LogP contribution is -2.37. The van der Waals surface area contributed by atoms with Gasteiger partial charge in [0.25, 0.3) is 0 Å². The summed E-state index contributed by atoms with van der Waals surface area (Å²) < 4.78 is 0. The predicted octanol–water partition coefficient (Wildman–Crippen LogP) is 3.05. The molecule has 12 heavy (non-hydrogen) atoms. The minimum Gasteiger partial charge on any atom is -0.293 e. The number of fused-ring (bicyclic) bond motifs is 1. The lowest BCUT2D eigenvalue weighted by atomic mass is 9.68. The summed E-state index contributed by atoms with van der Waals surface area (Å²) in [5.74, 6) is 0.817. The fourth-order valence-electron chi connectivity index (χ4n) is 2.84. The third-order valence-electron chi connectivity index (χ3n) is 3.48. The van der Waals surface area contributed by atoms with Crippen LogP contribution >= 0.6 is 0 Å². The van der Waals surface area contributed by atoms with Crippen molar-refractivity contribution >= 4 is 5.71 Å². The number of rotatable bonds is 0. The summed E-state index contributed by atoms with van der Waals surface area (Å²) in [5, 5.41) is 0. The molecular weight excluding hydrogens is 146 g/mol. The largest absolute Gasteiger partial charge is 0.293 e. The molecule has 0 aromatic carbocycles. The summed E-state index contributed by atoms with van der Waals surface area (Å²) >= 11 is 0. The van der Waals surface area contributed by atoms with Crippen molar-refractivity contribution in [3.05, 3.63) is 0 Å². The lowest BCUT2D eigenvalue weighted by molar-refractivity contribution is 0.279. The van der Waals surface area contributed by atoms with Gasteiger partial charge in [-0.25, -0.2) is 0 Å². The Labute approximate surface area is 75.3 Å². The van der Waals surface area contributed by atoms with E-state index in [1.165, 1.54) is 37.8 Å². The van der Waals surface area contributed by atoms with E-state index in [1.807, 2.05) is 0 Å². The van der Waals surface area contributed by atoms with Crippen molar-refractivity contribution in [1.82, 2.24) is 0 Å². The van der Waals surface area contributed by atoms with Gasteiger partial charge in [0.15, 0.2) is 0 Å². The third-order valence-corrected chi connectivity index (χ3v) is 3.48. The number of aliphatic imine (C=N–C) groups is 1. The zero-order chi connectivity index (χ0) is 8.60. The van der Waals surface area contributed by atoms with Gasteiger partial charge in [-0.1, -0.05) is 20.3 Å². The highest BCUT2D eigenvalue weighted by Gasteiger charge is 2.36. The Balaban J connectivity index is 2.21. The van der Waals surface area contributed by atoms with E-state index < -0.39 is 0 Å². The molecule has 68 valence electrons. The molecule has 0 saturated heterocycles. The molecule has 0 spiro atoms. The Morgan fingerprint density at radius 3 is 3.08 bits per heavy atom. The highest BCUT2D eigenvalue weighted by molar-refractivity contribution is 5.91. The fourth-order valence-corrected chi connectivity index (χ4v) is 2.84. The Hall–Kier alpha value is -0.330. The van der Waals surface area contributed by atoms with Crippen molar-refractivity contribution in [2.45, 2.75) is 46.0 Å². The summed E-state index contributed by atoms with van der Waals surface area (Å²) in [5.41, 5.74) is 2.03. The first-order chi connectivity index (χ1) is 5.71. The smallest absolute Gasteiger partial charge is 0.0414 e. The van der Waals surface area contributed by atoms with Gasteiger partial charge in [0.2, 0.25) is 0 Å². The fraction of sp³-hybridized carbons (Fsp3) is 0.909. The summed E-state index contributed by atoms with van der Waals surface area (Å²) in [7, 11) is 0. The molecular formula is C11H19N. The van der Waals surface area contributed by atoms with Crippen LogP contribution in [-0.2, 0) is 0 Å². The average molecular weight is 165 g/mol. The Bertz CT molecular complexity index is 207. The number of hydrogen-bond acceptors (Lipinski definition) is 1. The Morgan fingerprint density at radius 1 is 1.42 bits per heavy atom. The van der Waals surface area contributed by atoms with E-state index in [2.05, 4.69) is 13.8 Å². The van der Waals surface area contributed by atoms with E-state index in [0.29, 0.717) is 5.41 Å². The molecule has 1 aliphatic carbocycles. The summed E-state index contributed by atoms with van der Waals surface area (Å²) in [6.07, 6.45) is 6.84. The maximum Gasteiger partial charge on any atom is 0.0414 e. The van der Waals surface area contributed by atoms with Crippen LogP contribution in [0.2, 0.25) is 0 Å². The molecule has 1 aliphatic heterocycles. The second-order valence-corrected chi connectivity index (χ2v) is 4.86. The van der Waals surface area contributed by atoms with E-state index in [4.69, 9.17) is 4.99 Å². The molecule has 1 nitrogen and oxygen atoms in total. The molecule has 0 amide bonds. The second kappa shape index (κ2) is 2.86. The van der Waals surface area contributed by atoms with E-state index in [1.54, 1.807) is 0 Å². The summed E-state index contributed by atoms with van der Waals surface area (Å²) in [6, 6.07) is 0. The Morgan fingerprint density at radius 2 is 2.25 bits per heavy atom. The van der Waals surface area contributed by atoms with Crippen LogP contribution in [0.4, 0.5) is 0 Å². The molecule has 1 fully saturated rings. The molecule has 0 unspecified atom stereocenters. The van der Waals surface area contributed by atoms with Crippen LogP contribution in [0.5, 0.6) is 0 Å². The summed E-state index contributed by atoms with van der Waals surface area (Å²) in [6.45, 7) is 5.84. The SMILES string of the molecule is C[C@H]1CN=C2CCCC[C@]2(C)C1. The van der Waals surface area contributed by atoms with Crippen LogP contribution in [0.15, 0.2) is 4.99 Å². The van der Waals surface area contributed by atoms with Gasteiger partial charge in [0.05, 0.1) is 0 Å². The first-order valence-electron chi connectivity index (χ1n) is 5.24. The van der Waals surface area contributed by atoms with Gasteiger partial charge in [0.1, 0.15) is 0 Å². The molecule has 2 rings (SSSR count). The van der Waals surface area contributed by atoms with Crippen LogP contribution in [0.1, 0.15) is 46.0 Å². The zero-order valence-electron chi connectivity index (χ0n) is 8.27. The number of nitrogens with zero attached hydrogens (tertiary/aromatic N) is 1. The van der Waals surface area contributed by atoms with Gasteiger partial charge in [-0.3, -0.25) is 4.99 Å². The quantitative estimate of drug-likeness (QED) is 0.523. The monoisotopic (exact) mass is 165 g/mol. The molecule has 0 aromatic rings. The zero-order valence-corrected chi connectivity index (χ0v) is 8.27. The van der Waals surface area contributed by atoms with Crippen molar-refractivity contribution in [2.24, 2.45) is 16.3 Å². The van der Waals surface area contributed by atoms with Gasteiger partial charge in [-0.05, 0) is 31.6 Å². The molecule has 0 bridgehead atoms. The molecule has 1 saturated carbocycles. The molecule has 2 atom stereocenters. The molecule has 0 N–H and O–H groups in total. The van der Waals surface area contributed by atoms with Crippen LogP contribution in [0, 0.1) is 11.3 Å². The van der Waals surface area contributed by atoms with Gasteiger partial charge < -0.3 is 0 Å².